The van der Waals surface area contributed by atoms with Crippen molar-refractivity contribution in [2.24, 2.45) is 0 Å². The second-order valence-electron chi connectivity index (χ2n) is 9.43. The van der Waals surface area contributed by atoms with Crippen LogP contribution in [0, 0.1) is 0 Å². The van der Waals surface area contributed by atoms with Crippen molar-refractivity contribution in [3.63, 3.8) is 0 Å². The van der Waals surface area contributed by atoms with E-state index in [9.17, 15) is 0 Å². The number of hydrogen-bond acceptors (Lipinski definition) is 1. The van der Waals surface area contributed by atoms with Crippen molar-refractivity contribution in [2.75, 3.05) is 0 Å². The van der Waals surface area contributed by atoms with Crippen LogP contribution < -0.4 is 4.74 Å². The fourth-order valence-corrected chi connectivity index (χ4v) is 4.86. The van der Waals surface area contributed by atoms with Crippen molar-refractivity contribution in [1.29, 1.82) is 0 Å². The van der Waals surface area contributed by atoms with Crippen LogP contribution in [-0.2, 0) is 5.41 Å². The lowest BCUT2D eigenvalue weighted by molar-refractivity contribution is 0.487. The summed E-state index contributed by atoms with van der Waals surface area (Å²) in [5.41, 5.74) is 1.43. The predicted molar refractivity (Wildman–Crippen MR) is 133 cm³/mol. The van der Waals surface area contributed by atoms with Gasteiger partial charge < -0.3 is 4.74 Å². The van der Waals surface area contributed by atoms with Gasteiger partial charge >= 0.3 is 0 Å². The lowest BCUT2D eigenvalue weighted by Gasteiger charge is -2.20. The predicted octanol–water partition coefficient (Wildman–Crippen LogP) is 8.83. The van der Waals surface area contributed by atoms with Crippen molar-refractivity contribution in [1.82, 2.24) is 0 Å². The van der Waals surface area contributed by atoms with Gasteiger partial charge in [0.25, 0.3) is 0 Å². The summed E-state index contributed by atoms with van der Waals surface area (Å²) in [6, 6.07) is 32.5. The van der Waals surface area contributed by atoms with Gasteiger partial charge in [-0.05, 0) is 61.5 Å². The molecule has 6 aromatic carbocycles. The van der Waals surface area contributed by atoms with Crippen LogP contribution in [-0.4, -0.2) is 0 Å². The molecule has 0 aliphatic rings. The Bertz CT molecular complexity index is 1560. The maximum absolute atomic E-state index is 6.51. The van der Waals surface area contributed by atoms with Gasteiger partial charge in [-0.2, -0.15) is 0 Å². The largest absolute Gasteiger partial charge is 0.457 e. The minimum Gasteiger partial charge on any atom is -0.457 e. The molecule has 0 aromatic heterocycles. The summed E-state index contributed by atoms with van der Waals surface area (Å²) in [7, 11) is 0. The number of fused-ring (bicyclic) bond motifs is 2. The van der Waals surface area contributed by atoms with Crippen molar-refractivity contribution in [3.8, 4) is 11.5 Å². The Balaban J connectivity index is 1.65. The zero-order valence-corrected chi connectivity index (χ0v) is 18.1. The Labute approximate surface area is 182 Å². The molecule has 1 nitrogen and oxygen atoms in total. The average Bonchev–Trinajstić information content (AvgIpc) is 2.77. The van der Waals surface area contributed by atoms with Crippen molar-refractivity contribution in [3.05, 3.63) is 96.6 Å². The van der Waals surface area contributed by atoms with Gasteiger partial charge in [0.1, 0.15) is 11.5 Å². The normalized spacial score (nSPS) is 12.4. The van der Waals surface area contributed by atoms with Crippen LogP contribution in [0.5, 0.6) is 11.5 Å². The molecule has 0 heterocycles. The minimum absolute atomic E-state index is 0.127. The lowest BCUT2D eigenvalue weighted by Crippen LogP contribution is -2.10. The molecule has 0 fully saturated rings. The quantitative estimate of drug-likeness (QED) is 0.208. The van der Waals surface area contributed by atoms with E-state index in [1.807, 2.05) is 0 Å². The van der Waals surface area contributed by atoms with E-state index in [0.717, 1.165) is 11.5 Å². The van der Waals surface area contributed by atoms with Crippen molar-refractivity contribution >= 4 is 43.1 Å². The molecule has 0 atom stereocenters. The van der Waals surface area contributed by atoms with E-state index in [1.165, 1.54) is 48.7 Å². The van der Waals surface area contributed by atoms with Gasteiger partial charge in [-0.3, -0.25) is 0 Å². The number of rotatable bonds is 2. The highest BCUT2D eigenvalue weighted by molar-refractivity contribution is 6.34. The highest BCUT2D eigenvalue weighted by atomic mass is 16.5. The van der Waals surface area contributed by atoms with E-state index in [2.05, 4.69) is 112 Å². The fourth-order valence-electron chi connectivity index (χ4n) is 4.86. The van der Waals surface area contributed by atoms with Gasteiger partial charge in [0.2, 0.25) is 0 Å². The average molecular weight is 401 g/mol. The van der Waals surface area contributed by atoms with Crippen LogP contribution in [0.3, 0.4) is 0 Å². The second kappa shape index (κ2) is 6.46. The van der Waals surface area contributed by atoms with E-state index in [4.69, 9.17) is 4.74 Å². The van der Waals surface area contributed by atoms with Crippen LogP contribution >= 0.6 is 0 Å². The summed E-state index contributed by atoms with van der Waals surface area (Å²) in [6.07, 6.45) is 0. The molecule has 0 aliphatic carbocycles. The molecule has 6 rings (SSSR count). The van der Waals surface area contributed by atoms with E-state index in [-0.39, 0.29) is 5.41 Å². The summed E-state index contributed by atoms with van der Waals surface area (Å²) >= 11 is 0. The highest BCUT2D eigenvalue weighted by Gasteiger charge is 2.17. The Hall–Kier alpha value is -3.58. The van der Waals surface area contributed by atoms with Crippen LogP contribution in [0.1, 0.15) is 26.3 Å². The maximum atomic E-state index is 6.51. The Morgan fingerprint density at radius 2 is 1.10 bits per heavy atom. The van der Waals surface area contributed by atoms with Crippen LogP contribution in [0.15, 0.2) is 91.0 Å². The number of hydrogen-bond donors (Lipinski definition) is 0. The summed E-state index contributed by atoms with van der Waals surface area (Å²) in [4.78, 5) is 0. The summed E-state index contributed by atoms with van der Waals surface area (Å²) < 4.78 is 6.51. The fraction of sp³-hybridized carbons (Fsp3) is 0.133. The highest BCUT2D eigenvalue weighted by Crippen LogP contribution is 2.44. The second-order valence-corrected chi connectivity index (χ2v) is 9.43. The third-order valence-electron chi connectivity index (χ3n) is 6.42. The first-order chi connectivity index (χ1) is 15.0. The zero-order chi connectivity index (χ0) is 21.2. The van der Waals surface area contributed by atoms with E-state index in [0.29, 0.717) is 0 Å². The van der Waals surface area contributed by atoms with Gasteiger partial charge in [-0.15, -0.1) is 0 Å². The monoisotopic (exact) mass is 400 g/mol. The summed E-state index contributed by atoms with van der Waals surface area (Å²) in [5, 5.41) is 10.1. The summed E-state index contributed by atoms with van der Waals surface area (Å²) in [5.74, 6) is 1.78. The molecule has 0 aliphatic heterocycles. The molecule has 0 radical (unpaired) electrons. The van der Waals surface area contributed by atoms with Gasteiger partial charge in [0.15, 0.2) is 0 Å². The molecular formula is C30H24O. The van der Waals surface area contributed by atoms with Gasteiger partial charge in [0.05, 0.1) is 0 Å². The Kier molecular flexibility index (Phi) is 3.79. The molecule has 150 valence electrons. The van der Waals surface area contributed by atoms with E-state index >= 15 is 0 Å². The van der Waals surface area contributed by atoms with Crippen LogP contribution in [0.25, 0.3) is 43.1 Å². The molecule has 0 saturated heterocycles. The SMILES string of the molecule is CC(C)(C)c1ccc(Oc2ccc3cccc4c5cccc6cccc(c2c34)c65)cc1. The molecule has 0 amide bonds. The Morgan fingerprint density at radius 3 is 1.74 bits per heavy atom. The van der Waals surface area contributed by atoms with Crippen molar-refractivity contribution in [2.45, 2.75) is 26.2 Å². The maximum Gasteiger partial charge on any atom is 0.135 e. The molecule has 1 heteroatoms. The van der Waals surface area contributed by atoms with Gasteiger partial charge in [0, 0.05) is 10.8 Å². The molecule has 0 spiro atoms. The summed E-state index contributed by atoms with van der Waals surface area (Å²) in [6.45, 7) is 6.70. The minimum atomic E-state index is 0.127. The van der Waals surface area contributed by atoms with Gasteiger partial charge in [-0.1, -0.05) is 93.6 Å². The molecule has 31 heavy (non-hydrogen) atoms. The number of ether oxygens (including phenoxy) is 1. The third kappa shape index (κ3) is 2.77. The zero-order valence-electron chi connectivity index (χ0n) is 18.1. The molecular weight excluding hydrogens is 376 g/mol. The first kappa shape index (κ1) is 18.2. The topological polar surface area (TPSA) is 9.23 Å². The standard InChI is InChI=1S/C30H24O/c1-30(2,3)21-14-16-22(17-15-21)31-26-18-13-20-9-5-11-24-23-10-4-7-19-8-6-12-25(27(19)23)29(26)28(20)24/h4-18H,1-3H3. The first-order valence-corrected chi connectivity index (χ1v) is 10.9. The van der Waals surface area contributed by atoms with Crippen LogP contribution in [0.2, 0.25) is 0 Å². The van der Waals surface area contributed by atoms with E-state index in [1.54, 1.807) is 0 Å². The third-order valence-corrected chi connectivity index (χ3v) is 6.42. The molecule has 6 aromatic rings. The van der Waals surface area contributed by atoms with Crippen molar-refractivity contribution < 1.29 is 4.74 Å². The van der Waals surface area contributed by atoms with E-state index < -0.39 is 0 Å². The molecule has 0 unspecified atom stereocenters. The molecule has 0 saturated carbocycles. The smallest absolute Gasteiger partial charge is 0.135 e. The Morgan fingerprint density at radius 1 is 0.516 bits per heavy atom. The first-order valence-electron chi connectivity index (χ1n) is 10.9. The molecule has 0 bridgehead atoms. The number of benzene rings is 6. The van der Waals surface area contributed by atoms with Gasteiger partial charge in [-0.25, -0.2) is 0 Å². The van der Waals surface area contributed by atoms with Crippen LogP contribution in [0.4, 0.5) is 0 Å². The molecule has 0 N–H and O–H groups in total. The lowest BCUT2D eigenvalue weighted by atomic mass is 9.87.